The van der Waals surface area contributed by atoms with Crippen molar-refractivity contribution in [3.05, 3.63) is 70.9 Å². The van der Waals surface area contributed by atoms with Crippen LogP contribution < -0.4 is 4.90 Å². The fraction of sp³-hybridized carbons (Fsp3) is 0.227. The number of halogens is 1. The smallest absolute Gasteiger partial charge is 0.272 e. The van der Waals surface area contributed by atoms with E-state index in [9.17, 15) is 9.59 Å². The molecule has 0 atom stereocenters. The summed E-state index contributed by atoms with van der Waals surface area (Å²) < 4.78 is 0. The van der Waals surface area contributed by atoms with Gasteiger partial charge in [0.05, 0.1) is 10.7 Å². The first-order valence-electron chi connectivity index (χ1n) is 9.48. The fourth-order valence-corrected chi connectivity index (χ4v) is 3.72. The van der Waals surface area contributed by atoms with E-state index in [1.54, 1.807) is 19.1 Å². The molecule has 2 aromatic carbocycles. The first kappa shape index (κ1) is 19.2. The molecule has 3 aromatic rings. The molecule has 0 saturated carbocycles. The minimum atomic E-state index is -0.0672. The average Bonchev–Trinajstić information content (AvgIpc) is 3.24. The van der Waals surface area contributed by atoms with Crippen LogP contribution in [0.2, 0.25) is 5.02 Å². The number of carbonyl (C=O) groups is 2. The van der Waals surface area contributed by atoms with Crippen molar-refractivity contribution in [2.45, 2.75) is 6.92 Å². The Morgan fingerprint density at radius 3 is 2.34 bits per heavy atom. The Bertz CT molecular complexity index is 1040. The lowest BCUT2D eigenvalue weighted by atomic mass is 10.1. The van der Waals surface area contributed by atoms with Gasteiger partial charge in [-0.2, -0.15) is 5.10 Å². The van der Waals surface area contributed by atoms with Crippen LogP contribution in [0.1, 0.15) is 27.8 Å². The largest absolute Gasteiger partial charge is 0.368 e. The summed E-state index contributed by atoms with van der Waals surface area (Å²) in [5.74, 6) is -0.00920. The van der Waals surface area contributed by atoms with Crippen LogP contribution in [0.4, 0.5) is 5.69 Å². The van der Waals surface area contributed by atoms with Crippen LogP contribution in [-0.2, 0) is 0 Å². The lowest BCUT2D eigenvalue weighted by molar-refractivity contribution is 0.0740. The van der Waals surface area contributed by atoms with E-state index in [-0.39, 0.29) is 11.7 Å². The van der Waals surface area contributed by atoms with E-state index in [1.807, 2.05) is 47.4 Å². The first-order valence-corrected chi connectivity index (χ1v) is 9.86. The maximum absolute atomic E-state index is 12.9. The van der Waals surface area contributed by atoms with E-state index >= 15 is 0 Å². The third kappa shape index (κ3) is 4.03. The highest BCUT2D eigenvalue weighted by Gasteiger charge is 2.24. The van der Waals surface area contributed by atoms with Gasteiger partial charge in [0.1, 0.15) is 5.69 Å². The Labute approximate surface area is 174 Å². The Balaban J connectivity index is 1.40. The normalized spacial score (nSPS) is 14.1. The van der Waals surface area contributed by atoms with Crippen molar-refractivity contribution in [3.63, 3.8) is 0 Å². The molecule has 1 aliphatic heterocycles. The predicted molar refractivity (Wildman–Crippen MR) is 114 cm³/mol. The molecule has 148 valence electrons. The molecule has 1 saturated heterocycles. The highest BCUT2D eigenvalue weighted by molar-refractivity contribution is 6.33. The van der Waals surface area contributed by atoms with E-state index in [0.29, 0.717) is 35.1 Å². The summed E-state index contributed by atoms with van der Waals surface area (Å²) in [5.41, 5.74) is 3.67. The Kier molecular flexibility index (Phi) is 5.36. The van der Waals surface area contributed by atoms with Gasteiger partial charge in [-0.1, -0.05) is 29.8 Å². The molecular weight excluding hydrogens is 388 g/mol. The van der Waals surface area contributed by atoms with Crippen LogP contribution in [0, 0.1) is 0 Å². The van der Waals surface area contributed by atoms with E-state index in [0.717, 1.165) is 24.3 Å². The van der Waals surface area contributed by atoms with Crippen molar-refractivity contribution in [3.8, 4) is 11.3 Å². The van der Waals surface area contributed by atoms with Crippen molar-refractivity contribution in [2.24, 2.45) is 0 Å². The molecule has 1 aliphatic rings. The number of benzene rings is 2. The standard InChI is InChI=1S/C22H21ClN4O2/c1-15(28)16-6-8-17(9-7-16)26-10-12-27(13-11-26)22(29)21-14-20(24-25-21)18-4-2-3-5-19(18)23/h2-9,14H,10-13H2,1H3,(H,24,25). The molecule has 0 radical (unpaired) electrons. The van der Waals surface area contributed by atoms with Crippen LogP contribution in [0.5, 0.6) is 0 Å². The van der Waals surface area contributed by atoms with Gasteiger partial charge in [0.25, 0.3) is 5.91 Å². The van der Waals surface area contributed by atoms with Crippen molar-refractivity contribution in [1.82, 2.24) is 15.1 Å². The number of amides is 1. The van der Waals surface area contributed by atoms with Gasteiger partial charge in [0.15, 0.2) is 5.78 Å². The molecule has 1 amide bonds. The second-order valence-electron chi connectivity index (χ2n) is 7.03. The summed E-state index contributed by atoms with van der Waals surface area (Å²) in [6, 6.07) is 16.8. The van der Waals surface area contributed by atoms with Crippen molar-refractivity contribution >= 4 is 29.0 Å². The molecule has 2 heterocycles. The zero-order chi connectivity index (χ0) is 20.4. The number of piperazine rings is 1. The van der Waals surface area contributed by atoms with Gasteiger partial charge in [-0.3, -0.25) is 14.7 Å². The maximum atomic E-state index is 12.9. The van der Waals surface area contributed by atoms with Gasteiger partial charge < -0.3 is 9.80 Å². The Morgan fingerprint density at radius 1 is 1.00 bits per heavy atom. The van der Waals surface area contributed by atoms with Crippen LogP contribution in [-0.4, -0.2) is 53.0 Å². The van der Waals surface area contributed by atoms with E-state index < -0.39 is 0 Å². The Hall–Kier alpha value is -3.12. The number of hydrogen-bond donors (Lipinski definition) is 1. The number of carbonyl (C=O) groups excluding carboxylic acids is 2. The topological polar surface area (TPSA) is 69.3 Å². The van der Waals surface area contributed by atoms with Gasteiger partial charge >= 0.3 is 0 Å². The highest BCUT2D eigenvalue weighted by atomic mass is 35.5. The molecule has 1 aromatic heterocycles. The van der Waals surface area contributed by atoms with Gasteiger partial charge in [-0.05, 0) is 43.3 Å². The molecule has 1 N–H and O–H groups in total. The molecule has 0 bridgehead atoms. The summed E-state index contributed by atoms with van der Waals surface area (Å²) in [6.45, 7) is 4.26. The van der Waals surface area contributed by atoms with E-state index in [4.69, 9.17) is 11.6 Å². The second kappa shape index (κ2) is 8.09. The van der Waals surface area contributed by atoms with E-state index in [2.05, 4.69) is 15.1 Å². The van der Waals surface area contributed by atoms with Crippen LogP contribution >= 0.6 is 11.6 Å². The minimum absolute atomic E-state index is 0.0580. The molecule has 4 rings (SSSR count). The summed E-state index contributed by atoms with van der Waals surface area (Å²) in [5, 5.41) is 7.70. The number of aromatic amines is 1. The monoisotopic (exact) mass is 408 g/mol. The summed E-state index contributed by atoms with van der Waals surface area (Å²) >= 11 is 6.22. The number of H-pyrrole nitrogens is 1. The zero-order valence-electron chi connectivity index (χ0n) is 16.1. The van der Waals surface area contributed by atoms with Crippen molar-refractivity contribution in [2.75, 3.05) is 31.1 Å². The van der Waals surface area contributed by atoms with Crippen molar-refractivity contribution < 1.29 is 9.59 Å². The third-order valence-corrected chi connectivity index (χ3v) is 5.49. The second-order valence-corrected chi connectivity index (χ2v) is 7.44. The van der Waals surface area contributed by atoms with Gasteiger partial charge in [-0.25, -0.2) is 0 Å². The van der Waals surface area contributed by atoms with Gasteiger partial charge in [0, 0.05) is 43.0 Å². The lowest BCUT2D eigenvalue weighted by Gasteiger charge is -2.36. The maximum Gasteiger partial charge on any atom is 0.272 e. The number of Topliss-reactive ketones (excluding diaryl/α,β-unsaturated/α-hetero) is 1. The number of aromatic nitrogens is 2. The molecular formula is C22H21ClN4O2. The number of anilines is 1. The summed E-state index contributed by atoms with van der Waals surface area (Å²) in [7, 11) is 0. The SMILES string of the molecule is CC(=O)c1ccc(N2CCN(C(=O)c3cc(-c4ccccc4Cl)n[nH]3)CC2)cc1. The van der Waals surface area contributed by atoms with Gasteiger partial charge in [-0.15, -0.1) is 0 Å². The molecule has 29 heavy (non-hydrogen) atoms. The van der Waals surface area contributed by atoms with Crippen LogP contribution in [0.15, 0.2) is 54.6 Å². The number of ketones is 1. The number of hydrogen-bond acceptors (Lipinski definition) is 4. The molecule has 0 aliphatic carbocycles. The average molecular weight is 409 g/mol. The number of nitrogens with zero attached hydrogens (tertiary/aromatic N) is 3. The predicted octanol–water partition coefficient (Wildman–Crippen LogP) is 3.90. The van der Waals surface area contributed by atoms with Crippen LogP contribution in [0.25, 0.3) is 11.3 Å². The quantitative estimate of drug-likeness (QED) is 0.665. The molecule has 1 fully saturated rings. The summed E-state index contributed by atoms with van der Waals surface area (Å²) in [4.78, 5) is 28.3. The van der Waals surface area contributed by atoms with Crippen molar-refractivity contribution in [1.29, 1.82) is 0 Å². The molecule has 0 unspecified atom stereocenters. The molecule has 6 nitrogen and oxygen atoms in total. The minimum Gasteiger partial charge on any atom is -0.368 e. The van der Waals surface area contributed by atoms with Gasteiger partial charge in [0.2, 0.25) is 0 Å². The molecule has 0 spiro atoms. The molecule has 7 heteroatoms. The lowest BCUT2D eigenvalue weighted by Crippen LogP contribution is -2.48. The third-order valence-electron chi connectivity index (χ3n) is 5.16. The first-order chi connectivity index (χ1) is 14.0. The fourth-order valence-electron chi connectivity index (χ4n) is 3.48. The number of rotatable bonds is 4. The Morgan fingerprint density at radius 2 is 1.69 bits per heavy atom. The number of nitrogens with one attached hydrogen (secondary N) is 1. The highest BCUT2D eigenvalue weighted by Crippen LogP contribution is 2.26. The van der Waals surface area contributed by atoms with Crippen LogP contribution in [0.3, 0.4) is 0 Å². The zero-order valence-corrected chi connectivity index (χ0v) is 16.8. The van der Waals surface area contributed by atoms with E-state index in [1.165, 1.54) is 0 Å². The summed E-state index contributed by atoms with van der Waals surface area (Å²) in [6.07, 6.45) is 0.